The van der Waals surface area contributed by atoms with Crippen molar-refractivity contribution in [2.75, 3.05) is 12.3 Å². The van der Waals surface area contributed by atoms with E-state index in [4.69, 9.17) is 10.8 Å². The van der Waals surface area contributed by atoms with Gasteiger partial charge in [0.2, 0.25) is 10.0 Å². The lowest BCUT2D eigenvalue weighted by Gasteiger charge is -2.19. The standard InChI is InChI=1S/C8H18N2O4S/c1-6(2)4-10-15(13,14)5-8(3,9)7(11)12/h6,10H,4-5,9H2,1-3H3,(H,11,12). The molecular formula is C8H18N2O4S. The molecular weight excluding hydrogens is 220 g/mol. The van der Waals surface area contributed by atoms with Gasteiger partial charge < -0.3 is 10.8 Å². The predicted molar refractivity (Wildman–Crippen MR) is 56.9 cm³/mol. The van der Waals surface area contributed by atoms with Crippen molar-refractivity contribution in [3.63, 3.8) is 0 Å². The van der Waals surface area contributed by atoms with Crippen molar-refractivity contribution >= 4 is 16.0 Å². The molecule has 0 saturated carbocycles. The van der Waals surface area contributed by atoms with Crippen molar-refractivity contribution in [3.8, 4) is 0 Å². The van der Waals surface area contributed by atoms with E-state index in [1.165, 1.54) is 6.92 Å². The molecule has 0 aliphatic heterocycles. The van der Waals surface area contributed by atoms with Crippen molar-refractivity contribution in [1.29, 1.82) is 0 Å². The molecule has 0 saturated heterocycles. The minimum atomic E-state index is -3.64. The van der Waals surface area contributed by atoms with Crippen LogP contribution in [0.15, 0.2) is 0 Å². The Bertz CT molecular complexity index is 322. The Morgan fingerprint density at radius 3 is 2.33 bits per heavy atom. The minimum absolute atomic E-state index is 0.161. The zero-order chi connectivity index (χ0) is 12.3. The molecule has 6 nitrogen and oxygen atoms in total. The highest BCUT2D eigenvalue weighted by Gasteiger charge is 2.33. The van der Waals surface area contributed by atoms with Crippen molar-refractivity contribution in [1.82, 2.24) is 4.72 Å². The number of hydrogen-bond acceptors (Lipinski definition) is 4. The van der Waals surface area contributed by atoms with E-state index in [0.717, 1.165) is 0 Å². The number of rotatable bonds is 6. The number of hydrogen-bond donors (Lipinski definition) is 3. The summed E-state index contributed by atoms with van der Waals surface area (Å²) in [7, 11) is -3.64. The number of nitrogens with one attached hydrogen (secondary N) is 1. The first-order valence-electron chi connectivity index (χ1n) is 4.56. The van der Waals surface area contributed by atoms with E-state index in [1.54, 1.807) is 0 Å². The predicted octanol–water partition coefficient (Wildman–Crippen LogP) is -0.636. The summed E-state index contributed by atoms with van der Waals surface area (Å²) in [6, 6.07) is 0. The first kappa shape index (κ1) is 14.3. The van der Waals surface area contributed by atoms with Gasteiger partial charge in [0, 0.05) is 6.54 Å². The summed E-state index contributed by atoms with van der Waals surface area (Å²) < 4.78 is 25.1. The zero-order valence-electron chi connectivity index (χ0n) is 9.15. The van der Waals surface area contributed by atoms with Gasteiger partial charge in [0.15, 0.2) is 0 Å². The third-order valence-corrected chi connectivity index (χ3v) is 3.28. The minimum Gasteiger partial charge on any atom is -0.480 e. The second kappa shape index (κ2) is 4.91. The number of carboxylic acids is 1. The van der Waals surface area contributed by atoms with Gasteiger partial charge in [0.25, 0.3) is 0 Å². The van der Waals surface area contributed by atoms with Crippen LogP contribution in [0.4, 0.5) is 0 Å². The highest BCUT2D eigenvalue weighted by molar-refractivity contribution is 7.89. The smallest absolute Gasteiger partial charge is 0.324 e. The molecule has 1 atom stereocenters. The van der Waals surface area contributed by atoms with Gasteiger partial charge in [-0.15, -0.1) is 0 Å². The number of nitrogens with two attached hydrogens (primary N) is 1. The van der Waals surface area contributed by atoms with Crippen molar-refractivity contribution in [2.45, 2.75) is 26.3 Å². The molecule has 0 radical (unpaired) electrons. The summed E-state index contributed by atoms with van der Waals surface area (Å²) in [6.45, 7) is 5.14. The van der Waals surface area contributed by atoms with Gasteiger partial charge in [-0.3, -0.25) is 4.79 Å². The third kappa shape index (κ3) is 5.71. The van der Waals surface area contributed by atoms with Crippen LogP contribution in [0.25, 0.3) is 0 Å². The Labute approximate surface area is 89.9 Å². The van der Waals surface area contributed by atoms with E-state index < -0.39 is 27.3 Å². The fourth-order valence-electron chi connectivity index (χ4n) is 0.801. The maximum atomic E-state index is 11.4. The molecule has 0 spiro atoms. The zero-order valence-corrected chi connectivity index (χ0v) is 9.97. The van der Waals surface area contributed by atoms with Gasteiger partial charge in [-0.25, -0.2) is 13.1 Å². The topological polar surface area (TPSA) is 109 Å². The first-order chi connectivity index (χ1) is 6.57. The van der Waals surface area contributed by atoms with Crippen LogP contribution in [0.2, 0.25) is 0 Å². The summed E-state index contributed by atoms with van der Waals surface area (Å²) in [5.41, 5.74) is 3.57. The molecule has 7 heteroatoms. The first-order valence-corrected chi connectivity index (χ1v) is 6.21. The Morgan fingerprint density at radius 1 is 1.53 bits per heavy atom. The van der Waals surface area contributed by atoms with Crippen molar-refractivity contribution in [2.24, 2.45) is 11.7 Å². The van der Waals surface area contributed by atoms with E-state index in [-0.39, 0.29) is 12.5 Å². The van der Waals surface area contributed by atoms with Crippen LogP contribution in [0.3, 0.4) is 0 Å². The molecule has 0 rings (SSSR count). The Hall–Kier alpha value is -0.660. The highest BCUT2D eigenvalue weighted by Crippen LogP contribution is 2.04. The maximum Gasteiger partial charge on any atom is 0.324 e. The second-order valence-electron chi connectivity index (χ2n) is 4.22. The molecule has 4 N–H and O–H groups in total. The van der Waals surface area contributed by atoms with Gasteiger partial charge in [-0.2, -0.15) is 0 Å². The van der Waals surface area contributed by atoms with Crippen molar-refractivity contribution < 1.29 is 18.3 Å². The number of carbonyl (C=O) groups is 1. The van der Waals surface area contributed by atoms with Gasteiger partial charge in [-0.1, -0.05) is 13.8 Å². The molecule has 0 aliphatic rings. The second-order valence-corrected chi connectivity index (χ2v) is 6.03. The van der Waals surface area contributed by atoms with E-state index >= 15 is 0 Å². The molecule has 15 heavy (non-hydrogen) atoms. The molecule has 0 fully saturated rings. The fraction of sp³-hybridized carbons (Fsp3) is 0.875. The van der Waals surface area contributed by atoms with Crippen LogP contribution >= 0.6 is 0 Å². The normalized spacial score (nSPS) is 16.3. The molecule has 0 aromatic carbocycles. The fourth-order valence-corrected chi connectivity index (χ4v) is 2.40. The van der Waals surface area contributed by atoms with Gasteiger partial charge in [-0.05, 0) is 12.8 Å². The van der Waals surface area contributed by atoms with Crippen LogP contribution < -0.4 is 10.5 Å². The van der Waals surface area contributed by atoms with E-state index in [2.05, 4.69) is 4.72 Å². The summed E-state index contributed by atoms with van der Waals surface area (Å²) in [6.07, 6.45) is 0. The molecule has 0 aromatic rings. The largest absolute Gasteiger partial charge is 0.480 e. The van der Waals surface area contributed by atoms with E-state index in [9.17, 15) is 13.2 Å². The van der Waals surface area contributed by atoms with Gasteiger partial charge in [0.1, 0.15) is 5.54 Å². The lowest BCUT2D eigenvalue weighted by molar-refractivity contribution is -0.141. The van der Waals surface area contributed by atoms with Crippen LogP contribution in [-0.2, 0) is 14.8 Å². The van der Waals surface area contributed by atoms with Gasteiger partial charge >= 0.3 is 5.97 Å². The third-order valence-electron chi connectivity index (χ3n) is 1.69. The monoisotopic (exact) mass is 238 g/mol. The SMILES string of the molecule is CC(C)CNS(=O)(=O)CC(C)(N)C(=O)O. The van der Waals surface area contributed by atoms with E-state index in [0.29, 0.717) is 0 Å². The van der Waals surface area contributed by atoms with Crippen LogP contribution in [0.1, 0.15) is 20.8 Å². The Morgan fingerprint density at radius 2 is 2.00 bits per heavy atom. The molecule has 0 amide bonds. The lowest BCUT2D eigenvalue weighted by Crippen LogP contribution is -2.52. The molecule has 0 bridgehead atoms. The summed E-state index contributed by atoms with van der Waals surface area (Å²) >= 11 is 0. The number of sulfonamides is 1. The molecule has 90 valence electrons. The lowest BCUT2D eigenvalue weighted by atomic mass is 10.1. The van der Waals surface area contributed by atoms with Gasteiger partial charge in [0.05, 0.1) is 5.75 Å². The van der Waals surface area contributed by atoms with Crippen LogP contribution in [0.5, 0.6) is 0 Å². The maximum absolute atomic E-state index is 11.4. The Balaban J connectivity index is 4.45. The quantitative estimate of drug-likeness (QED) is 0.570. The number of carboxylic acid groups (broad SMARTS) is 1. The average molecular weight is 238 g/mol. The molecule has 0 aromatic heterocycles. The summed E-state index contributed by atoms with van der Waals surface area (Å²) in [4.78, 5) is 10.6. The summed E-state index contributed by atoms with van der Waals surface area (Å²) in [5, 5.41) is 8.66. The van der Waals surface area contributed by atoms with Crippen molar-refractivity contribution in [3.05, 3.63) is 0 Å². The molecule has 0 aliphatic carbocycles. The van der Waals surface area contributed by atoms with E-state index in [1.807, 2.05) is 13.8 Å². The van der Waals surface area contributed by atoms with Crippen LogP contribution in [0, 0.1) is 5.92 Å². The molecule has 0 heterocycles. The summed E-state index contributed by atoms with van der Waals surface area (Å²) in [5.74, 6) is -1.80. The average Bonchev–Trinajstić information content (AvgIpc) is 1.99. The number of aliphatic carboxylic acids is 1. The van der Waals surface area contributed by atoms with Crippen LogP contribution in [-0.4, -0.2) is 37.3 Å². The highest BCUT2D eigenvalue weighted by atomic mass is 32.2. The molecule has 1 unspecified atom stereocenters. The Kier molecular flexibility index (Phi) is 4.69.